The molecule has 0 aliphatic heterocycles. The Balaban J connectivity index is 1.88. The van der Waals surface area contributed by atoms with Gasteiger partial charge in [0.25, 0.3) is 0 Å². The highest BCUT2D eigenvalue weighted by atomic mass is 32.1. The molecule has 1 saturated carbocycles. The molecule has 0 unspecified atom stereocenters. The van der Waals surface area contributed by atoms with Crippen molar-refractivity contribution in [3.05, 3.63) is 16.1 Å². The Bertz CT molecular complexity index is 438. The minimum Gasteiger partial charge on any atom is -0.340 e. The van der Waals surface area contributed by atoms with E-state index in [1.165, 1.54) is 6.42 Å². The van der Waals surface area contributed by atoms with Crippen LogP contribution in [0.5, 0.6) is 0 Å². The van der Waals surface area contributed by atoms with Gasteiger partial charge in [-0.15, -0.1) is 11.3 Å². The first-order valence-electron chi connectivity index (χ1n) is 6.93. The number of nitrogens with zero attached hydrogens (tertiary/aromatic N) is 2. The van der Waals surface area contributed by atoms with Crippen LogP contribution in [0, 0.1) is 6.92 Å². The molecule has 0 radical (unpaired) electrons. The van der Waals surface area contributed by atoms with E-state index in [-0.39, 0.29) is 11.4 Å². The van der Waals surface area contributed by atoms with Gasteiger partial charge in [0.15, 0.2) is 0 Å². The molecule has 1 aromatic rings. The molecule has 0 aromatic carbocycles. The molecule has 1 heterocycles. The maximum Gasteiger partial charge on any atom is 0.224 e. The first kappa shape index (κ1) is 14.5. The highest BCUT2D eigenvalue weighted by molar-refractivity contribution is 7.11. The first-order chi connectivity index (χ1) is 8.98. The molecule has 2 N–H and O–H groups in total. The normalized spacial score (nSPS) is 18.3. The number of hydrogen-bond donors (Lipinski definition) is 1. The van der Waals surface area contributed by atoms with E-state index >= 15 is 0 Å². The van der Waals surface area contributed by atoms with Gasteiger partial charge in [-0.2, -0.15) is 0 Å². The summed E-state index contributed by atoms with van der Waals surface area (Å²) in [4.78, 5) is 19.4. The van der Waals surface area contributed by atoms with Gasteiger partial charge in [0.1, 0.15) is 0 Å². The SMILES string of the molecule is Cc1ncc(CN(C)C(=O)CC2(N)CCCCC2)s1. The summed E-state index contributed by atoms with van der Waals surface area (Å²) in [7, 11) is 1.85. The molecule has 0 spiro atoms. The zero-order chi connectivity index (χ0) is 13.9. The Kier molecular flexibility index (Phi) is 4.58. The van der Waals surface area contributed by atoms with Gasteiger partial charge in [-0.05, 0) is 19.8 Å². The van der Waals surface area contributed by atoms with Gasteiger partial charge in [0.2, 0.25) is 5.91 Å². The molecule has 0 atom stereocenters. The summed E-state index contributed by atoms with van der Waals surface area (Å²) in [6.07, 6.45) is 7.84. The summed E-state index contributed by atoms with van der Waals surface area (Å²) in [5.74, 6) is 0.149. The largest absolute Gasteiger partial charge is 0.340 e. The molecule has 106 valence electrons. The van der Waals surface area contributed by atoms with Crippen LogP contribution in [0.1, 0.15) is 48.4 Å². The molecule has 1 fully saturated rings. The van der Waals surface area contributed by atoms with Crippen LogP contribution in [0.4, 0.5) is 0 Å². The maximum atomic E-state index is 12.3. The molecule has 0 bridgehead atoms. The predicted octanol–water partition coefficient (Wildman–Crippen LogP) is 2.46. The van der Waals surface area contributed by atoms with Gasteiger partial charge < -0.3 is 10.6 Å². The number of aromatic nitrogens is 1. The summed E-state index contributed by atoms with van der Waals surface area (Å²) >= 11 is 1.64. The van der Waals surface area contributed by atoms with E-state index in [4.69, 9.17) is 5.73 Å². The number of nitrogens with two attached hydrogens (primary N) is 1. The van der Waals surface area contributed by atoms with Gasteiger partial charge in [-0.1, -0.05) is 19.3 Å². The zero-order valence-electron chi connectivity index (χ0n) is 11.8. The lowest BCUT2D eigenvalue weighted by Gasteiger charge is -2.34. The third-order valence-electron chi connectivity index (χ3n) is 3.84. The number of thiazole rings is 1. The van der Waals surface area contributed by atoms with Crippen LogP contribution in [0.15, 0.2) is 6.20 Å². The van der Waals surface area contributed by atoms with Gasteiger partial charge in [0.05, 0.1) is 11.6 Å². The number of amides is 1. The van der Waals surface area contributed by atoms with Crippen molar-refractivity contribution >= 4 is 17.2 Å². The molecule has 4 nitrogen and oxygen atoms in total. The first-order valence-corrected chi connectivity index (χ1v) is 7.74. The third kappa shape index (κ3) is 4.01. The Morgan fingerprint density at radius 3 is 2.74 bits per heavy atom. The Morgan fingerprint density at radius 1 is 1.47 bits per heavy atom. The van der Waals surface area contributed by atoms with Crippen molar-refractivity contribution in [2.45, 2.75) is 57.5 Å². The molecule has 1 aromatic heterocycles. The number of aryl methyl sites for hydroxylation is 1. The standard InChI is InChI=1S/C14H23N3OS/c1-11-16-9-12(19-11)10-17(2)13(18)8-14(15)6-4-3-5-7-14/h9H,3-8,10,15H2,1-2H3. The van der Waals surface area contributed by atoms with Crippen molar-refractivity contribution in [2.75, 3.05) is 7.05 Å². The number of carbonyl (C=O) groups excluding carboxylic acids is 1. The smallest absolute Gasteiger partial charge is 0.224 e. The average Bonchev–Trinajstić information content (AvgIpc) is 2.75. The predicted molar refractivity (Wildman–Crippen MR) is 77.9 cm³/mol. The molecule has 5 heteroatoms. The van der Waals surface area contributed by atoms with E-state index in [2.05, 4.69) is 4.98 Å². The van der Waals surface area contributed by atoms with Crippen LogP contribution in [0.25, 0.3) is 0 Å². The Hall–Kier alpha value is -0.940. The highest BCUT2D eigenvalue weighted by Gasteiger charge is 2.31. The summed E-state index contributed by atoms with van der Waals surface area (Å²) in [6, 6.07) is 0. The van der Waals surface area contributed by atoms with Crippen molar-refractivity contribution in [2.24, 2.45) is 5.73 Å². The van der Waals surface area contributed by atoms with Crippen LogP contribution < -0.4 is 5.73 Å². The van der Waals surface area contributed by atoms with E-state index in [1.54, 1.807) is 16.2 Å². The van der Waals surface area contributed by atoms with Crippen LogP contribution in [0.2, 0.25) is 0 Å². The Morgan fingerprint density at radius 2 is 2.16 bits per heavy atom. The van der Waals surface area contributed by atoms with Crippen molar-refractivity contribution in [1.82, 2.24) is 9.88 Å². The summed E-state index contributed by atoms with van der Waals surface area (Å²) in [5, 5.41) is 1.04. The van der Waals surface area contributed by atoms with Crippen molar-refractivity contribution < 1.29 is 4.79 Å². The summed E-state index contributed by atoms with van der Waals surface area (Å²) in [5.41, 5.74) is 6.07. The van der Waals surface area contributed by atoms with Crippen molar-refractivity contribution in [3.63, 3.8) is 0 Å². The fourth-order valence-corrected chi connectivity index (χ4v) is 3.52. The van der Waals surface area contributed by atoms with E-state index in [0.29, 0.717) is 13.0 Å². The second-order valence-electron chi connectivity index (χ2n) is 5.70. The van der Waals surface area contributed by atoms with Gasteiger partial charge in [0, 0.05) is 30.1 Å². The van der Waals surface area contributed by atoms with Crippen LogP contribution >= 0.6 is 11.3 Å². The molecule has 19 heavy (non-hydrogen) atoms. The van der Waals surface area contributed by atoms with E-state index in [0.717, 1.165) is 35.6 Å². The van der Waals surface area contributed by atoms with Gasteiger partial charge in [-0.25, -0.2) is 4.98 Å². The second kappa shape index (κ2) is 6.01. The monoisotopic (exact) mass is 281 g/mol. The molecular weight excluding hydrogens is 258 g/mol. The minimum absolute atomic E-state index is 0.149. The van der Waals surface area contributed by atoms with Crippen LogP contribution in [-0.4, -0.2) is 28.4 Å². The van der Waals surface area contributed by atoms with Crippen molar-refractivity contribution in [3.8, 4) is 0 Å². The second-order valence-corrected chi connectivity index (χ2v) is 7.01. The lowest BCUT2D eigenvalue weighted by atomic mass is 9.80. The highest BCUT2D eigenvalue weighted by Crippen LogP contribution is 2.29. The number of hydrogen-bond acceptors (Lipinski definition) is 4. The fraction of sp³-hybridized carbons (Fsp3) is 0.714. The van der Waals surface area contributed by atoms with Crippen molar-refractivity contribution in [1.29, 1.82) is 0 Å². The number of carbonyl (C=O) groups is 1. The molecule has 1 aliphatic rings. The lowest BCUT2D eigenvalue weighted by molar-refractivity contribution is -0.132. The molecule has 1 amide bonds. The summed E-state index contributed by atoms with van der Waals surface area (Å²) < 4.78 is 0. The zero-order valence-corrected chi connectivity index (χ0v) is 12.6. The average molecular weight is 281 g/mol. The Labute approximate surface area is 119 Å². The van der Waals surface area contributed by atoms with Gasteiger partial charge in [-0.3, -0.25) is 4.79 Å². The molecule has 0 saturated heterocycles. The van der Waals surface area contributed by atoms with E-state index in [9.17, 15) is 4.79 Å². The molecular formula is C14H23N3OS. The van der Waals surface area contributed by atoms with Crippen LogP contribution in [0.3, 0.4) is 0 Å². The van der Waals surface area contributed by atoms with Crippen LogP contribution in [-0.2, 0) is 11.3 Å². The molecule has 1 aliphatic carbocycles. The van der Waals surface area contributed by atoms with E-state index < -0.39 is 0 Å². The topological polar surface area (TPSA) is 59.2 Å². The van der Waals surface area contributed by atoms with Gasteiger partial charge >= 0.3 is 0 Å². The summed E-state index contributed by atoms with van der Waals surface area (Å²) in [6.45, 7) is 2.62. The van der Waals surface area contributed by atoms with E-state index in [1.807, 2.05) is 20.2 Å². The quantitative estimate of drug-likeness (QED) is 0.922. The number of rotatable bonds is 4. The maximum absolute atomic E-state index is 12.3. The lowest BCUT2D eigenvalue weighted by Crippen LogP contribution is -2.46. The third-order valence-corrected chi connectivity index (χ3v) is 4.74. The minimum atomic E-state index is -0.271. The molecule has 2 rings (SSSR count). The fourth-order valence-electron chi connectivity index (χ4n) is 2.67.